The van der Waals surface area contributed by atoms with Crippen molar-refractivity contribution in [3.8, 4) is 5.75 Å². The van der Waals surface area contributed by atoms with Gasteiger partial charge in [-0.2, -0.15) is 0 Å². The lowest BCUT2D eigenvalue weighted by Gasteiger charge is -2.07. The highest BCUT2D eigenvalue weighted by Gasteiger charge is 1.96. The molecule has 1 N–H and O–H groups in total. The minimum Gasteiger partial charge on any atom is -0.497 e. The van der Waals surface area contributed by atoms with Crippen LogP contribution in [-0.4, -0.2) is 18.6 Å². The van der Waals surface area contributed by atoms with Gasteiger partial charge in [0.05, 0.1) is 7.11 Å². The summed E-state index contributed by atoms with van der Waals surface area (Å²) in [6, 6.07) is 13.9. The van der Waals surface area contributed by atoms with E-state index in [1.165, 1.54) is 0 Å². The van der Waals surface area contributed by atoms with Gasteiger partial charge in [0.25, 0.3) is 0 Å². The Hall–Kier alpha value is -2.03. The Morgan fingerprint density at radius 1 is 1.18 bits per heavy atom. The highest BCUT2D eigenvalue weighted by atomic mass is 16.5. The average molecular weight is 228 g/mol. The van der Waals surface area contributed by atoms with Crippen molar-refractivity contribution in [2.24, 2.45) is 0 Å². The summed E-state index contributed by atoms with van der Waals surface area (Å²) in [6.07, 6.45) is 2.74. The Kier molecular flexibility index (Phi) is 3.97. The van der Waals surface area contributed by atoms with Gasteiger partial charge in [0.1, 0.15) is 5.75 Å². The summed E-state index contributed by atoms with van der Waals surface area (Å²) in [7, 11) is 1.67. The van der Waals surface area contributed by atoms with E-state index in [2.05, 4.69) is 10.3 Å². The maximum absolute atomic E-state index is 5.17. The molecule has 0 aliphatic heterocycles. The summed E-state index contributed by atoms with van der Waals surface area (Å²) in [6.45, 7) is 0.865. The highest BCUT2D eigenvalue weighted by Crippen LogP contribution is 2.16. The predicted molar refractivity (Wildman–Crippen MR) is 69.4 cm³/mol. The number of hydrogen-bond acceptors (Lipinski definition) is 3. The fraction of sp³-hybridized carbons (Fsp3) is 0.214. The molecule has 0 saturated carbocycles. The van der Waals surface area contributed by atoms with Crippen LogP contribution in [0.25, 0.3) is 0 Å². The van der Waals surface area contributed by atoms with Gasteiger partial charge in [0.2, 0.25) is 0 Å². The van der Waals surface area contributed by atoms with Crippen LogP contribution in [0.2, 0.25) is 0 Å². The van der Waals surface area contributed by atoms with E-state index in [1.807, 2.05) is 48.7 Å². The van der Waals surface area contributed by atoms with E-state index in [9.17, 15) is 0 Å². The first-order chi connectivity index (χ1) is 8.38. The molecule has 1 aromatic heterocycles. The standard InChI is InChI=1S/C14H16N2O/c1-17-14-7-4-6-13(11-14)16-10-8-12-5-2-3-9-15-12/h2-7,9,11,16H,8,10H2,1H3. The van der Waals surface area contributed by atoms with Gasteiger partial charge in [-0.15, -0.1) is 0 Å². The third-order valence-corrected chi connectivity index (χ3v) is 2.51. The molecule has 0 saturated heterocycles. The first kappa shape index (κ1) is 11.5. The summed E-state index contributed by atoms with van der Waals surface area (Å²) in [5.41, 5.74) is 2.17. The van der Waals surface area contributed by atoms with Crippen molar-refractivity contribution < 1.29 is 4.74 Å². The molecular formula is C14H16N2O. The van der Waals surface area contributed by atoms with Crippen LogP contribution in [-0.2, 0) is 6.42 Å². The average Bonchev–Trinajstić information content (AvgIpc) is 2.40. The van der Waals surface area contributed by atoms with Crippen LogP contribution in [0.4, 0.5) is 5.69 Å². The Balaban J connectivity index is 1.86. The van der Waals surface area contributed by atoms with E-state index in [-0.39, 0.29) is 0 Å². The molecular weight excluding hydrogens is 212 g/mol. The minimum atomic E-state index is 0.865. The van der Waals surface area contributed by atoms with E-state index < -0.39 is 0 Å². The SMILES string of the molecule is COc1cccc(NCCc2ccccn2)c1. The molecule has 2 rings (SSSR count). The number of benzene rings is 1. The molecule has 0 radical (unpaired) electrons. The van der Waals surface area contributed by atoms with Crippen LogP contribution < -0.4 is 10.1 Å². The zero-order chi connectivity index (χ0) is 11.9. The van der Waals surface area contributed by atoms with Crippen LogP contribution in [0, 0.1) is 0 Å². The van der Waals surface area contributed by atoms with Crippen molar-refractivity contribution in [3.05, 3.63) is 54.4 Å². The number of ether oxygens (including phenoxy) is 1. The lowest BCUT2D eigenvalue weighted by atomic mass is 10.2. The number of hydrogen-bond donors (Lipinski definition) is 1. The molecule has 17 heavy (non-hydrogen) atoms. The number of nitrogens with one attached hydrogen (secondary N) is 1. The molecule has 0 spiro atoms. The number of methoxy groups -OCH3 is 1. The molecule has 3 heteroatoms. The van der Waals surface area contributed by atoms with Gasteiger partial charge >= 0.3 is 0 Å². The van der Waals surface area contributed by atoms with Gasteiger partial charge in [0.15, 0.2) is 0 Å². The van der Waals surface area contributed by atoms with E-state index in [1.54, 1.807) is 7.11 Å². The molecule has 3 nitrogen and oxygen atoms in total. The van der Waals surface area contributed by atoms with Gasteiger partial charge in [-0.05, 0) is 24.3 Å². The van der Waals surface area contributed by atoms with Crippen LogP contribution in [0.15, 0.2) is 48.7 Å². The van der Waals surface area contributed by atoms with E-state index in [0.29, 0.717) is 0 Å². The number of rotatable bonds is 5. The zero-order valence-electron chi connectivity index (χ0n) is 9.89. The summed E-state index contributed by atoms with van der Waals surface area (Å²) >= 11 is 0. The van der Waals surface area contributed by atoms with Gasteiger partial charge in [-0.25, -0.2) is 0 Å². The third kappa shape index (κ3) is 3.48. The Morgan fingerprint density at radius 3 is 2.88 bits per heavy atom. The molecule has 88 valence electrons. The van der Waals surface area contributed by atoms with Crippen LogP contribution in [0.5, 0.6) is 5.75 Å². The van der Waals surface area contributed by atoms with E-state index in [4.69, 9.17) is 4.74 Å². The van der Waals surface area contributed by atoms with Gasteiger partial charge in [-0.3, -0.25) is 4.98 Å². The van der Waals surface area contributed by atoms with Crippen molar-refractivity contribution in [2.75, 3.05) is 19.0 Å². The number of pyridine rings is 1. The van der Waals surface area contributed by atoms with Crippen LogP contribution >= 0.6 is 0 Å². The van der Waals surface area contributed by atoms with Crippen LogP contribution in [0.1, 0.15) is 5.69 Å². The highest BCUT2D eigenvalue weighted by molar-refractivity contribution is 5.48. The third-order valence-electron chi connectivity index (χ3n) is 2.51. The summed E-state index contributed by atoms with van der Waals surface area (Å²) in [4.78, 5) is 4.28. The summed E-state index contributed by atoms with van der Waals surface area (Å²) in [5, 5.41) is 3.35. The molecule has 0 fully saturated rings. The van der Waals surface area contributed by atoms with Crippen molar-refractivity contribution in [1.82, 2.24) is 4.98 Å². The van der Waals surface area contributed by atoms with Crippen molar-refractivity contribution in [1.29, 1.82) is 0 Å². The molecule has 2 aromatic rings. The maximum atomic E-state index is 5.17. The Labute approximate surface area is 101 Å². The number of anilines is 1. The lowest BCUT2D eigenvalue weighted by molar-refractivity contribution is 0.415. The van der Waals surface area contributed by atoms with Gasteiger partial charge in [-0.1, -0.05) is 12.1 Å². The lowest BCUT2D eigenvalue weighted by Crippen LogP contribution is -2.05. The molecule has 0 amide bonds. The molecule has 0 unspecified atom stereocenters. The second kappa shape index (κ2) is 5.89. The fourth-order valence-corrected chi connectivity index (χ4v) is 1.61. The summed E-state index contributed by atoms with van der Waals surface area (Å²) in [5.74, 6) is 0.868. The predicted octanol–water partition coefficient (Wildman–Crippen LogP) is 2.74. The Morgan fingerprint density at radius 2 is 2.12 bits per heavy atom. The monoisotopic (exact) mass is 228 g/mol. The molecule has 0 aliphatic carbocycles. The maximum Gasteiger partial charge on any atom is 0.120 e. The van der Waals surface area contributed by atoms with Crippen LogP contribution in [0.3, 0.4) is 0 Å². The quantitative estimate of drug-likeness (QED) is 0.854. The normalized spacial score (nSPS) is 9.94. The molecule has 1 aromatic carbocycles. The number of nitrogens with zero attached hydrogens (tertiary/aromatic N) is 1. The second-order valence-corrected chi connectivity index (χ2v) is 3.73. The first-order valence-corrected chi connectivity index (χ1v) is 5.66. The molecule has 0 aliphatic rings. The van der Waals surface area contributed by atoms with Gasteiger partial charge in [0, 0.05) is 36.6 Å². The van der Waals surface area contributed by atoms with Gasteiger partial charge < -0.3 is 10.1 Å². The summed E-state index contributed by atoms with van der Waals surface area (Å²) < 4.78 is 5.17. The fourth-order valence-electron chi connectivity index (χ4n) is 1.61. The van der Waals surface area contributed by atoms with E-state index in [0.717, 1.165) is 30.1 Å². The second-order valence-electron chi connectivity index (χ2n) is 3.73. The molecule has 0 bridgehead atoms. The largest absolute Gasteiger partial charge is 0.497 e. The first-order valence-electron chi connectivity index (χ1n) is 5.66. The van der Waals surface area contributed by atoms with Crippen molar-refractivity contribution in [2.45, 2.75) is 6.42 Å². The van der Waals surface area contributed by atoms with E-state index >= 15 is 0 Å². The molecule has 0 atom stereocenters. The molecule has 1 heterocycles. The van der Waals surface area contributed by atoms with Crippen molar-refractivity contribution in [3.63, 3.8) is 0 Å². The Bertz CT molecular complexity index is 457. The topological polar surface area (TPSA) is 34.1 Å². The van der Waals surface area contributed by atoms with Crippen molar-refractivity contribution >= 4 is 5.69 Å². The number of aromatic nitrogens is 1. The smallest absolute Gasteiger partial charge is 0.120 e. The minimum absolute atomic E-state index is 0.865. The zero-order valence-corrected chi connectivity index (χ0v) is 9.89.